The quantitative estimate of drug-likeness (QED) is 0.771. The molecular formula is C13H17NO5S. The molecule has 110 valence electrons. The normalized spacial score (nSPS) is 14.6. The van der Waals surface area contributed by atoms with E-state index in [0.29, 0.717) is 5.56 Å². The lowest BCUT2D eigenvalue weighted by atomic mass is 10.1. The summed E-state index contributed by atoms with van der Waals surface area (Å²) in [6, 6.07) is 4.73. The molecule has 0 aromatic heterocycles. The van der Waals surface area contributed by atoms with Crippen molar-refractivity contribution in [3.05, 3.63) is 29.8 Å². The van der Waals surface area contributed by atoms with Gasteiger partial charge in [0.25, 0.3) is 0 Å². The van der Waals surface area contributed by atoms with E-state index in [2.05, 4.69) is 4.72 Å². The van der Waals surface area contributed by atoms with Crippen LogP contribution in [0.3, 0.4) is 0 Å². The summed E-state index contributed by atoms with van der Waals surface area (Å²) < 4.78 is 26.4. The van der Waals surface area contributed by atoms with Gasteiger partial charge in [-0.15, -0.1) is 0 Å². The minimum Gasteiger partial charge on any atom is -0.481 e. The number of carbonyl (C=O) groups excluding carboxylic acids is 1. The number of hydrogen-bond acceptors (Lipinski definition) is 4. The van der Waals surface area contributed by atoms with Crippen LogP contribution in [0.4, 0.5) is 0 Å². The largest absolute Gasteiger partial charge is 0.481 e. The van der Waals surface area contributed by atoms with Gasteiger partial charge in [-0.05, 0) is 26.0 Å². The highest BCUT2D eigenvalue weighted by Gasteiger charge is 2.25. The molecule has 0 bridgehead atoms. The average Bonchev–Trinajstić information content (AvgIpc) is 2.37. The molecule has 0 fully saturated rings. The van der Waals surface area contributed by atoms with E-state index in [9.17, 15) is 18.0 Å². The highest BCUT2D eigenvalue weighted by atomic mass is 32.2. The van der Waals surface area contributed by atoms with Gasteiger partial charge in [0.1, 0.15) is 0 Å². The maximum Gasteiger partial charge on any atom is 0.307 e. The van der Waals surface area contributed by atoms with Gasteiger partial charge in [-0.3, -0.25) is 9.59 Å². The third kappa shape index (κ3) is 3.88. The average molecular weight is 299 g/mol. The van der Waals surface area contributed by atoms with Gasteiger partial charge in [-0.25, -0.2) is 13.1 Å². The second-order valence-corrected chi connectivity index (χ2v) is 6.33. The summed E-state index contributed by atoms with van der Waals surface area (Å²) in [5, 5.41) is 8.84. The molecule has 1 rings (SSSR count). The smallest absolute Gasteiger partial charge is 0.307 e. The van der Waals surface area contributed by atoms with Crippen LogP contribution < -0.4 is 4.72 Å². The molecule has 0 aliphatic rings. The molecule has 0 radical (unpaired) electrons. The van der Waals surface area contributed by atoms with Crippen LogP contribution in [0.5, 0.6) is 0 Å². The zero-order valence-electron chi connectivity index (χ0n) is 11.5. The van der Waals surface area contributed by atoms with Crippen LogP contribution in [-0.2, 0) is 14.8 Å². The fraction of sp³-hybridized carbons (Fsp3) is 0.385. The number of benzene rings is 1. The first-order valence-corrected chi connectivity index (χ1v) is 7.49. The highest BCUT2D eigenvalue weighted by Crippen LogP contribution is 2.13. The van der Waals surface area contributed by atoms with Gasteiger partial charge in [-0.2, -0.15) is 0 Å². The fourth-order valence-electron chi connectivity index (χ4n) is 1.50. The molecule has 0 heterocycles. The Morgan fingerprint density at radius 3 is 2.05 bits per heavy atom. The summed E-state index contributed by atoms with van der Waals surface area (Å²) in [5.74, 6) is -2.08. The summed E-state index contributed by atoms with van der Waals surface area (Å²) in [5.41, 5.74) is 0.413. The van der Waals surface area contributed by atoms with Crippen LogP contribution in [0.1, 0.15) is 31.1 Å². The lowest BCUT2D eigenvalue weighted by Gasteiger charge is -2.17. The fourth-order valence-corrected chi connectivity index (χ4v) is 2.82. The number of carboxylic acids is 1. The molecule has 0 aliphatic heterocycles. The first-order chi connectivity index (χ1) is 9.15. The Bertz CT molecular complexity index is 606. The number of nitrogens with one attached hydrogen (secondary N) is 1. The molecule has 0 spiro atoms. The summed E-state index contributed by atoms with van der Waals surface area (Å²) in [6.07, 6.45) is 0. The second-order valence-electron chi connectivity index (χ2n) is 4.62. The van der Waals surface area contributed by atoms with E-state index >= 15 is 0 Å². The van der Waals surface area contributed by atoms with E-state index < -0.39 is 28.0 Å². The number of aliphatic carboxylic acids is 1. The summed E-state index contributed by atoms with van der Waals surface area (Å²) in [7, 11) is -3.81. The van der Waals surface area contributed by atoms with Gasteiger partial charge in [0.2, 0.25) is 10.0 Å². The van der Waals surface area contributed by atoms with E-state index in [4.69, 9.17) is 5.11 Å². The molecule has 0 saturated heterocycles. The van der Waals surface area contributed by atoms with Crippen molar-refractivity contribution in [3.63, 3.8) is 0 Å². The standard InChI is InChI=1S/C13H17NO5S/c1-8(13(16)17)9(2)14-20(18,19)12-6-4-11(5-7-12)10(3)15/h4-9,14H,1-3H3,(H,16,17). The Hall–Kier alpha value is -1.73. The predicted octanol–water partition coefficient (Wildman–Crippen LogP) is 1.28. The van der Waals surface area contributed by atoms with E-state index in [0.717, 1.165) is 0 Å². The van der Waals surface area contributed by atoms with E-state index in [-0.39, 0.29) is 10.7 Å². The minimum absolute atomic E-state index is 0.00746. The molecule has 2 unspecified atom stereocenters. The molecule has 2 N–H and O–H groups in total. The SMILES string of the molecule is CC(=O)c1ccc(S(=O)(=O)NC(C)C(C)C(=O)O)cc1. The van der Waals surface area contributed by atoms with Crippen molar-refractivity contribution >= 4 is 21.8 Å². The van der Waals surface area contributed by atoms with Crippen molar-refractivity contribution in [2.75, 3.05) is 0 Å². The summed E-state index contributed by atoms with van der Waals surface area (Å²) in [6.45, 7) is 4.30. The molecule has 0 saturated carbocycles. The van der Waals surface area contributed by atoms with Crippen molar-refractivity contribution in [1.29, 1.82) is 0 Å². The Labute approximate surface area is 117 Å². The van der Waals surface area contributed by atoms with Gasteiger partial charge < -0.3 is 5.11 Å². The van der Waals surface area contributed by atoms with Crippen molar-refractivity contribution in [2.24, 2.45) is 5.92 Å². The van der Waals surface area contributed by atoms with Crippen LogP contribution in [0.2, 0.25) is 0 Å². The first kappa shape index (κ1) is 16.3. The lowest BCUT2D eigenvalue weighted by Crippen LogP contribution is -2.39. The molecule has 7 heteroatoms. The number of rotatable bonds is 6. The number of ketones is 1. The van der Waals surface area contributed by atoms with Crippen LogP contribution >= 0.6 is 0 Å². The Morgan fingerprint density at radius 1 is 1.15 bits per heavy atom. The van der Waals surface area contributed by atoms with Gasteiger partial charge in [0, 0.05) is 11.6 Å². The van der Waals surface area contributed by atoms with Crippen LogP contribution in [0.15, 0.2) is 29.2 Å². The molecule has 0 amide bonds. The van der Waals surface area contributed by atoms with E-state index in [1.165, 1.54) is 45.0 Å². The summed E-state index contributed by atoms with van der Waals surface area (Å²) in [4.78, 5) is 21.9. The zero-order valence-corrected chi connectivity index (χ0v) is 12.3. The predicted molar refractivity (Wildman–Crippen MR) is 73.0 cm³/mol. The van der Waals surface area contributed by atoms with Crippen LogP contribution in [0.25, 0.3) is 0 Å². The number of Topliss-reactive ketones (excluding diaryl/α,β-unsaturated/α-hetero) is 1. The third-order valence-corrected chi connectivity index (χ3v) is 4.63. The topological polar surface area (TPSA) is 101 Å². The molecular weight excluding hydrogens is 282 g/mol. The highest BCUT2D eigenvalue weighted by molar-refractivity contribution is 7.89. The van der Waals surface area contributed by atoms with Gasteiger partial charge in [0.05, 0.1) is 10.8 Å². The van der Waals surface area contributed by atoms with Crippen LogP contribution in [0, 0.1) is 5.92 Å². The molecule has 2 atom stereocenters. The van der Waals surface area contributed by atoms with E-state index in [1.54, 1.807) is 0 Å². The van der Waals surface area contributed by atoms with Gasteiger partial charge >= 0.3 is 5.97 Å². The number of hydrogen-bond donors (Lipinski definition) is 2. The van der Waals surface area contributed by atoms with Gasteiger partial charge in [0.15, 0.2) is 5.78 Å². The first-order valence-electron chi connectivity index (χ1n) is 6.01. The Morgan fingerprint density at radius 2 is 1.65 bits per heavy atom. The number of carbonyl (C=O) groups is 2. The maximum atomic E-state index is 12.1. The van der Waals surface area contributed by atoms with Crippen molar-refractivity contribution in [2.45, 2.75) is 31.7 Å². The maximum absolute atomic E-state index is 12.1. The Kier molecular flexibility index (Phi) is 5.02. The molecule has 6 nitrogen and oxygen atoms in total. The van der Waals surface area contributed by atoms with Crippen LogP contribution in [-0.4, -0.2) is 31.3 Å². The molecule has 1 aromatic carbocycles. The molecule has 0 aliphatic carbocycles. The monoisotopic (exact) mass is 299 g/mol. The van der Waals surface area contributed by atoms with Crippen molar-refractivity contribution < 1.29 is 23.1 Å². The zero-order chi connectivity index (χ0) is 15.5. The van der Waals surface area contributed by atoms with E-state index in [1.807, 2.05) is 0 Å². The lowest BCUT2D eigenvalue weighted by molar-refractivity contribution is -0.141. The third-order valence-electron chi connectivity index (χ3n) is 3.05. The second kappa shape index (κ2) is 6.15. The van der Waals surface area contributed by atoms with Gasteiger partial charge in [-0.1, -0.05) is 19.1 Å². The van der Waals surface area contributed by atoms with Crippen molar-refractivity contribution in [3.8, 4) is 0 Å². The number of sulfonamides is 1. The Balaban J connectivity index is 2.94. The van der Waals surface area contributed by atoms with Crippen molar-refractivity contribution in [1.82, 2.24) is 4.72 Å². The molecule has 20 heavy (non-hydrogen) atoms. The molecule has 1 aromatic rings. The minimum atomic E-state index is -3.81. The summed E-state index contributed by atoms with van der Waals surface area (Å²) >= 11 is 0. The number of carboxylic acid groups (broad SMARTS) is 1.